The molecule has 4 rings (SSSR count). The zero-order chi connectivity index (χ0) is 21.6. The molecule has 0 aliphatic carbocycles. The number of anilines is 1. The maximum Gasteiger partial charge on any atom is 0.433 e. The van der Waals surface area contributed by atoms with Gasteiger partial charge in [-0.15, -0.1) is 0 Å². The van der Waals surface area contributed by atoms with E-state index in [1.807, 2.05) is 0 Å². The van der Waals surface area contributed by atoms with Crippen LogP contribution in [0.2, 0.25) is 15.1 Å². The van der Waals surface area contributed by atoms with Crippen LogP contribution in [0.15, 0.2) is 47.2 Å². The highest BCUT2D eigenvalue weighted by Gasteiger charge is 2.36. The molecule has 1 amide bonds. The van der Waals surface area contributed by atoms with Gasteiger partial charge in [0.1, 0.15) is 11.3 Å². The number of aromatic nitrogens is 3. The van der Waals surface area contributed by atoms with Crippen LogP contribution in [0.1, 0.15) is 16.1 Å². The standard InChI is InChI=1S/C18H8Cl3F3N4O2/c19-9-4-11(21)12(5-10(9)20)27-17(29)8-7-25-28-15(18(22,23)24)6-13(26-16(8)28)14-2-1-3-30-14/h1-7H,(H,27,29). The minimum atomic E-state index is -4.75. The van der Waals surface area contributed by atoms with E-state index in [1.165, 1.54) is 30.5 Å². The first-order valence-corrected chi connectivity index (χ1v) is 9.24. The first-order valence-electron chi connectivity index (χ1n) is 8.11. The molecule has 4 aromatic rings. The summed E-state index contributed by atoms with van der Waals surface area (Å²) >= 11 is 17.8. The molecule has 3 aromatic heterocycles. The molecule has 12 heteroatoms. The normalized spacial score (nSPS) is 11.8. The van der Waals surface area contributed by atoms with Gasteiger partial charge in [0, 0.05) is 0 Å². The summed E-state index contributed by atoms with van der Waals surface area (Å²) in [5.74, 6) is -0.689. The zero-order valence-corrected chi connectivity index (χ0v) is 16.7. The van der Waals surface area contributed by atoms with Gasteiger partial charge in [-0.05, 0) is 30.3 Å². The molecule has 0 aliphatic rings. The highest BCUT2D eigenvalue weighted by molar-refractivity contribution is 6.44. The van der Waals surface area contributed by atoms with Crippen LogP contribution < -0.4 is 5.32 Å². The maximum atomic E-state index is 13.6. The molecule has 0 saturated heterocycles. The molecule has 0 unspecified atom stereocenters. The number of alkyl halides is 3. The van der Waals surface area contributed by atoms with Gasteiger partial charge in [-0.25, -0.2) is 9.50 Å². The topological polar surface area (TPSA) is 72.4 Å². The van der Waals surface area contributed by atoms with Crippen molar-refractivity contribution in [1.82, 2.24) is 14.6 Å². The number of furan rings is 1. The second-order valence-corrected chi connectivity index (χ2v) is 7.22. The Morgan fingerprint density at radius 3 is 2.50 bits per heavy atom. The number of rotatable bonds is 3. The summed E-state index contributed by atoms with van der Waals surface area (Å²) in [5.41, 5.74) is -1.64. The van der Waals surface area contributed by atoms with Crippen LogP contribution in [0.4, 0.5) is 18.9 Å². The monoisotopic (exact) mass is 474 g/mol. The lowest BCUT2D eigenvalue weighted by Gasteiger charge is -2.11. The second kappa shape index (κ2) is 7.50. The molecule has 0 fully saturated rings. The molecular formula is C18H8Cl3F3N4O2. The van der Waals surface area contributed by atoms with Gasteiger partial charge in [0.05, 0.1) is 33.2 Å². The summed E-state index contributed by atoms with van der Waals surface area (Å²) < 4.78 is 46.4. The molecule has 154 valence electrons. The third-order valence-electron chi connectivity index (χ3n) is 4.04. The van der Waals surface area contributed by atoms with E-state index in [-0.39, 0.29) is 43.4 Å². The molecular weight excluding hydrogens is 468 g/mol. The average molecular weight is 476 g/mol. The van der Waals surface area contributed by atoms with Crippen molar-refractivity contribution in [3.8, 4) is 11.5 Å². The molecule has 0 saturated carbocycles. The van der Waals surface area contributed by atoms with Gasteiger partial charge >= 0.3 is 6.18 Å². The van der Waals surface area contributed by atoms with Crippen LogP contribution in [-0.2, 0) is 6.18 Å². The van der Waals surface area contributed by atoms with Crippen LogP contribution in [0.3, 0.4) is 0 Å². The van der Waals surface area contributed by atoms with E-state index in [1.54, 1.807) is 0 Å². The van der Waals surface area contributed by atoms with Crippen molar-refractivity contribution < 1.29 is 22.4 Å². The predicted molar refractivity (Wildman–Crippen MR) is 105 cm³/mol. The smallest absolute Gasteiger partial charge is 0.433 e. The molecule has 1 aromatic carbocycles. The Kier molecular flexibility index (Phi) is 5.13. The van der Waals surface area contributed by atoms with E-state index in [4.69, 9.17) is 39.2 Å². The average Bonchev–Trinajstić information content (AvgIpc) is 3.34. The molecule has 0 spiro atoms. The molecule has 1 N–H and O–H groups in total. The maximum absolute atomic E-state index is 13.6. The Morgan fingerprint density at radius 1 is 1.10 bits per heavy atom. The largest absolute Gasteiger partial charge is 0.463 e. The number of carbonyl (C=O) groups excluding carboxylic acids is 1. The van der Waals surface area contributed by atoms with E-state index >= 15 is 0 Å². The van der Waals surface area contributed by atoms with Crippen LogP contribution in [0, 0.1) is 0 Å². The van der Waals surface area contributed by atoms with Crippen molar-refractivity contribution in [3.05, 3.63) is 69.1 Å². The van der Waals surface area contributed by atoms with Gasteiger partial charge in [0.15, 0.2) is 17.1 Å². The van der Waals surface area contributed by atoms with Crippen molar-refractivity contribution in [2.45, 2.75) is 6.18 Å². The molecule has 0 aliphatic heterocycles. The fourth-order valence-corrected chi connectivity index (χ4v) is 3.28. The number of carbonyl (C=O) groups is 1. The van der Waals surface area contributed by atoms with Crippen LogP contribution >= 0.6 is 34.8 Å². The third-order valence-corrected chi connectivity index (χ3v) is 5.07. The van der Waals surface area contributed by atoms with Gasteiger partial charge in [-0.2, -0.15) is 18.3 Å². The van der Waals surface area contributed by atoms with Crippen molar-refractivity contribution in [2.24, 2.45) is 0 Å². The molecule has 3 heterocycles. The number of hydrogen-bond acceptors (Lipinski definition) is 4. The second-order valence-electron chi connectivity index (χ2n) is 6.00. The fourth-order valence-electron chi connectivity index (χ4n) is 2.68. The van der Waals surface area contributed by atoms with Gasteiger partial charge in [0.2, 0.25) is 0 Å². The van der Waals surface area contributed by atoms with E-state index < -0.39 is 17.8 Å². The lowest BCUT2D eigenvalue weighted by Crippen LogP contribution is -2.16. The summed E-state index contributed by atoms with van der Waals surface area (Å²) in [6.07, 6.45) is -2.48. The number of halogens is 6. The van der Waals surface area contributed by atoms with Gasteiger partial charge in [0.25, 0.3) is 5.91 Å². The highest BCUT2D eigenvalue weighted by atomic mass is 35.5. The molecule has 6 nitrogen and oxygen atoms in total. The Labute approximate surface area is 181 Å². The Hall–Kier alpha value is -2.75. The van der Waals surface area contributed by atoms with Crippen LogP contribution in [0.5, 0.6) is 0 Å². The van der Waals surface area contributed by atoms with Crippen molar-refractivity contribution >= 4 is 52.0 Å². The van der Waals surface area contributed by atoms with Gasteiger partial charge in [-0.3, -0.25) is 4.79 Å². The Morgan fingerprint density at radius 2 is 1.83 bits per heavy atom. The Bertz CT molecular complexity index is 1270. The van der Waals surface area contributed by atoms with E-state index in [0.29, 0.717) is 4.52 Å². The number of fused-ring (bicyclic) bond motifs is 1. The van der Waals surface area contributed by atoms with Crippen LogP contribution in [-0.4, -0.2) is 20.5 Å². The summed E-state index contributed by atoms with van der Waals surface area (Å²) in [5, 5.41) is 6.56. The first-order chi connectivity index (χ1) is 14.1. The van der Waals surface area contributed by atoms with Gasteiger partial charge < -0.3 is 9.73 Å². The number of nitrogens with zero attached hydrogens (tertiary/aromatic N) is 3. The molecule has 0 radical (unpaired) electrons. The quantitative estimate of drug-likeness (QED) is 0.357. The number of nitrogens with one attached hydrogen (secondary N) is 1. The first kappa shape index (κ1) is 20.5. The minimum Gasteiger partial charge on any atom is -0.463 e. The Balaban J connectivity index is 1.83. The minimum absolute atomic E-state index is 0.0921. The van der Waals surface area contributed by atoms with Crippen molar-refractivity contribution in [3.63, 3.8) is 0 Å². The summed E-state index contributed by atoms with van der Waals surface area (Å²) in [4.78, 5) is 16.9. The number of benzene rings is 1. The van der Waals surface area contributed by atoms with E-state index in [9.17, 15) is 18.0 Å². The lowest BCUT2D eigenvalue weighted by molar-refractivity contribution is -0.142. The molecule has 0 bridgehead atoms. The predicted octanol–water partition coefficient (Wildman–Crippen LogP) is 6.22. The third kappa shape index (κ3) is 3.71. The summed E-state index contributed by atoms with van der Waals surface area (Å²) in [7, 11) is 0. The zero-order valence-electron chi connectivity index (χ0n) is 14.5. The number of hydrogen-bond donors (Lipinski definition) is 1. The molecule has 30 heavy (non-hydrogen) atoms. The molecule has 0 atom stereocenters. The highest BCUT2D eigenvalue weighted by Crippen LogP contribution is 2.34. The number of amides is 1. The summed E-state index contributed by atoms with van der Waals surface area (Å²) in [6.45, 7) is 0. The van der Waals surface area contributed by atoms with E-state index in [2.05, 4.69) is 15.4 Å². The SMILES string of the molecule is O=C(Nc1cc(Cl)c(Cl)cc1Cl)c1cnn2c(C(F)(F)F)cc(-c3ccco3)nc12. The fraction of sp³-hybridized carbons (Fsp3) is 0.0556. The lowest BCUT2D eigenvalue weighted by atomic mass is 10.2. The van der Waals surface area contributed by atoms with E-state index in [0.717, 1.165) is 12.3 Å². The van der Waals surface area contributed by atoms with Gasteiger partial charge in [-0.1, -0.05) is 34.8 Å². The van der Waals surface area contributed by atoms with Crippen molar-refractivity contribution in [1.29, 1.82) is 0 Å². The summed E-state index contributed by atoms with van der Waals surface area (Å²) in [6, 6.07) is 6.39. The van der Waals surface area contributed by atoms with Crippen LogP contribution in [0.25, 0.3) is 17.1 Å². The van der Waals surface area contributed by atoms with Crippen molar-refractivity contribution in [2.75, 3.05) is 5.32 Å².